The van der Waals surface area contributed by atoms with E-state index in [1.165, 1.54) is 0 Å². The lowest BCUT2D eigenvalue weighted by Gasteiger charge is -2.31. The van der Waals surface area contributed by atoms with E-state index in [9.17, 15) is 4.79 Å². The predicted octanol–water partition coefficient (Wildman–Crippen LogP) is 1.97. The fourth-order valence-electron chi connectivity index (χ4n) is 2.94. The summed E-state index contributed by atoms with van der Waals surface area (Å²) in [5.74, 6) is 0.832. The summed E-state index contributed by atoms with van der Waals surface area (Å²) in [7, 11) is 2.13. The van der Waals surface area contributed by atoms with Gasteiger partial charge in [0.2, 0.25) is 0 Å². The summed E-state index contributed by atoms with van der Waals surface area (Å²) in [6.07, 6.45) is 2.05. The van der Waals surface area contributed by atoms with E-state index < -0.39 is 0 Å². The lowest BCUT2D eigenvalue weighted by molar-refractivity contribution is 0.216. The highest BCUT2D eigenvalue weighted by molar-refractivity contribution is 5.77. The number of hydrogen-bond acceptors (Lipinski definition) is 3. The maximum Gasteiger partial charge on any atom is 0.261 e. The Kier molecular flexibility index (Phi) is 3.11. The van der Waals surface area contributed by atoms with Crippen molar-refractivity contribution in [1.29, 1.82) is 0 Å². The van der Waals surface area contributed by atoms with Crippen LogP contribution < -0.4 is 5.56 Å². The Bertz CT molecular complexity index is 654. The van der Waals surface area contributed by atoms with E-state index in [-0.39, 0.29) is 5.56 Å². The molecule has 0 N–H and O–H groups in total. The minimum atomic E-state index is 0.109. The number of aryl methyl sites for hydroxylation is 1. The molecule has 1 saturated heterocycles. The van der Waals surface area contributed by atoms with Crippen LogP contribution in [0.2, 0.25) is 0 Å². The third-order valence-electron chi connectivity index (χ3n) is 4.04. The van der Waals surface area contributed by atoms with Crippen molar-refractivity contribution in [3.05, 3.63) is 40.4 Å². The molecule has 4 heteroatoms. The molecular weight excluding hydrogens is 238 g/mol. The maximum absolute atomic E-state index is 12.6. The number of hydrogen-bond donors (Lipinski definition) is 0. The van der Waals surface area contributed by atoms with Crippen molar-refractivity contribution in [3.8, 4) is 0 Å². The Morgan fingerprint density at radius 1 is 1.21 bits per heavy atom. The van der Waals surface area contributed by atoms with Gasteiger partial charge in [0, 0.05) is 6.04 Å². The van der Waals surface area contributed by atoms with Crippen LogP contribution in [-0.4, -0.2) is 34.6 Å². The van der Waals surface area contributed by atoms with Crippen LogP contribution in [0.5, 0.6) is 0 Å². The monoisotopic (exact) mass is 257 g/mol. The number of para-hydroxylation sites is 1. The summed E-state index contributed by atoms with van der Waals surface area (Å²) in [6.45, 7) is 4.03. The summed E-state index contributed by atoms with van der Waals surface area (Å²) in [5, 5.41) is 0.729. The van der Waals surface area contributed by atoms with Crippen molar-refractivity contribution in [2.45, 2.75) is 25.8 Å². The molecule has 1 aliphatic heterocycles. The first-order chi connectivity index (χ1) is 9.16. The van der Waals surface area contributed by atoms with Crippen LogP contribution >= 0.6 is 0 Å². The Morgan fingerprint density at radius 2 is 1.89 bits per heavy atom. The van der Waals surface area contributed by atoms with Gasteiger partial charge in [-0.2, -0.15) is 0 Å². The van der Waals surface area contributed by atoms with E-state index in [0.717, 1.165) is 42.7 Å². The van der Waals surface area contributed by atoms with Crippen molar-refractivity contribution < 1.29 is 0 Å². The van der Waals surface area contributed by atoms with Crippen molar-refractivity contribution in [2.24, 2.45) is 0 Å². The molecular formula is C15H19N3O. The number of benzene rings is 1. The third kappa shape index (κ3) is 2.16. The van der Waals surface area contributed by atoms with Gasteiger partial charge >= 0.3 is 0 Å². The lowest BCUT2D eigenvalue weighted by atomic mass is 10.0. The number of piperidine rings is 1. The van der Waals surface area contributed by atoms with Gasteiger partial charge in [-0.25, -0.2) is 4.98 Å². The smallest absolute Gasteiger partial charge is 0.261 e. The molecule has 1 fully saturated rings. The third-order valence-corrected chi connectivity index (χ3v) is 4.04. The second kappa shape index (κ2) is 4.78. The van der Waals surface area contributed by atoms with Crippen molar-refractivity contribution in [1.82, 2.24) is 14.5 Å². The molecule has 0 saturated carbocycles. The molecule has 100 valence electrons. The average molecular weight is 257 g/mol. The van der Waals surface area contributed by atoms with Gasteiger partial charge in [0.1, 0.15) is 5.82 Å². The van der Waals surface area contributed by atoms with Crippen molar-refractivity contribution >= 4 is 10.9 Å². The van der Waals surface area contributed by atoms with E-state index in [2.05, 4.69) is 16.9 Å². The lowest BCUT2D eigenvalue weighted by Crippen LogP contribution is -2.36. The Labute approximate surface area is 112 Å². The molecule has 4 nitrogen and oxygen atoms in total. The summed E-state index contributed by atoms with van der Waals surface area (Å²) in [6, 6.07) is 7.90. The summed E-state index contributed by atoms with van der Waals surface area (Å²) < 4.78 is 1.90. The van der Waals surface area contributed by atoms with Gasteiger partial charge < -0.3 is 4.90 Å². The van der Waals surface area contributed by atoms with Gasteiger partial charge in [0.25, 0.3) is 5.56 Å². The summed E-state index contributed by atoms with van der Waals surface area (Å²) >= 11 is 0. The maximum atomic E-state index is 12.6. The number of nitrogens with zero attached hydrogens (tertiary/aromatic N) is 3. The minimum Gasteiger partial charge on any atom is -0.306 e. The van der Waals surface area contributed by atoms with E-state index >= 15 is 0 Å². The topological polar surface area (TPSA) is 38.1 Å². The second-order valence-corrected chi connectivity index (χ2v) is 5.39. The number of likely N-dealkylation sites (tertiary alicyclic amines) is 1. The zero-order valence-corrected chi connectivity index (χ0v) is 11.5. The second-order valence-electron chi connectivity index (χ2n) is 5.39. The van der Waals surface area contributed by atoms with Crippen LogP contribution in [0.25, 0.3) is 10.9 Å². The van der Waals surface area contributed by atoms with Crippen LogP contribution in [0.15, 0.2) is 29.1 Å². The molecule has 0 spiro atoms. The van der Waals surface area contributed by atoms with Gasteiger partial charge in [0.15, 0.2) is 0 Å². The molecule has 1 aliphatic rings. The summed E-state index contributed by atoms with van der Waals surface area (Å²) in [4.78, 5) is 19.5. The average Bonchev–Trinajstić information content (AvgIpc) is 2.41. The van der Waals surface area contributed by atoms with E-state index in [4.69, 9.17) is 0 Å². The highest BCUT2D eigenvalue weighted by atomic mass is 16.1. The Morgan fingerprint density at radius 3 is 2.63 bits per heavy atom. The van der Waals surface area contributed by atoms with Crippen LogP contribution in [0.1, 0.15) is 24.7 Å². The molecule has 1 aromatic carbocycles. The molecule has 0 aliphatic carbocycles. The first kappa shape index (κ1) is 12.4. The molecule has 0 amide bonds. The van der Waals surface area contributed by atoms with Crippen LogP contribution in [-0.2, 0) is 0 Å². The largest absolute Gasteiger partial charge is 0.306 e. The van der Waals surface area contributed by atoms with E-state index in [0.29, 0.717) is 6.04 Å². The number of fused-ring (bicyclic) bond motifs is 1. The first-order valence-electron chi connectivity index (χ1n) is 6.83. The molecule has 3 rings (SSSR count). The van der Waals surface area contributed by atoms with Crippen LogP contribution in [0, 0.1) is 6.92 Å². The predicted molar refractivity (Wildman–Crippen MR) is 76.5 cm³/mol. The Hall–Kier alpha value is -1.68. The van der Waals surface area contributed by atoms with Crippen molar-refractivity contribution in [3.63, 3.8) is 0 Å². The molecule has 0 unspecified atom stereocenters. The van der Waals surface area contributed by atoms with E-state index in [1.807, 2.05) is 35.8 Å². The van der Waals surface area contributed by atoms with Crippen LogP contribution in [0.3, 0.4) is 0 Å². The molecule has 0 bridgehead atoms. The quantitative estimate of drug-likeness (QED) is 0.784. The SMILES string of the molecule is Cc1nc2ccccc2c(=O)n1C1CCN(C)CC1. The van der Waals surface area contributed by atoms with Gasteiger partial charge in [-0.15, -0.1) is 0 Å². The summed E-state index contributed by atoms with van der Waals surface area (Å²) in [5.41, 5.74) is 0.909. The van der Waals surface area contributed by atoms with Gasteiger partial charge in [0.05, 0.1) is 10.9 Å². The van der Waals surface area contributed by atoms with Gasteiger partial charge in [-0.1, -0.05) is 12.1 Å². The standard InChI is InChI=1S/C15H19N3O/c1-11-16-14-6-4-3-5-13(14)15(19)18(11)12-7-9-17(2)10-8-12/h3-6,12H,7-10H2,1-2H3. The van der Waals surface area contributed by atoms with Crippen molar-refractivity contribution in [2.75, 3.05) is 20.1 Å². The van der Waals surface area contributed by atoms with E-state index in [1.54, 1.807) is 0 Å². The zero-order chi connectivity index (χ0) is 13.4. The number of rotatable bonds is 1. The van der Waals surface area contributed by atoms with Gasteiger partial charge in [-0.05, 0) is 52.0 Å². The first-order valence-corrected chi connectivity index (χ1v) is 6.83. The fraction of sp³-hybridized carbons (Fsp3) is 0.467. The fourth-order valence-corrected chi connectivity index (χ4v) is 2.94. The highest BCUT2D eigenvalue weighted by Crippen LogP contribution is 2.22. The normalized spacial score (nSPS) is 18.0. The zero-order valence-electron chi connectivity index (χ0n) is 11.5. The molecule has 2 heterocycles. The molecule has 0 radical (unpaired) electrons. The number of aromatic nitrogens is 2. The molecule has 19 heavy (non-hydrogen) atoms. The van der Waals surface area contributed by atoms with Crippen LogP contribution in [0.4, 0.5) is 0 Å². The molecule has 0 atom stereocenters. The molecule has 2 aromatic rings. The highest BCUT2D eigenvalue weighted by Gasteiger charge is 2.21. The van der Waals surface area contributed by atoms with Gasteiger partial charge in [-0.3, -0.25) is 9.36 Å². The molecule has 1 aromatic heterocycles. The Balaban J connectivity index is 2.11. The minimum absolute atomic E-state index is 0.109.